The highest BCUT2D eigenvalue weighted by Crippen LogP contribution is 2.47. The van der Waals surface area contributed by atoms with Crippen molar-refractivity contribution >= 4 is 17.2 Å². The van der Waals surface area contributed by atoms with Gasteiger partial charge in [-0.05, 0) is 31.7 Å². The van der Waals surface area contributed by atoms with Crippen LogP contribution >= 0.6 is 11.3 Å². The van der Waals surface area contributed by atoms with Crippen LogP contribution in [0.5, 0.6) is 17.2 Å². The summed E-state index contributed by atoms with van der Waals surface area (Å²) in [5, 5.41) is 5.08. The molecular weight excluding hydrogens is 350 g/mol. The average molecular weight is 371 g/mol. The molecule has 1 fully saturated rings. The summed E-state index contributed by atoms with van der Waals surface area (Å²) in [6, 6.07) is 8.00. The molecule has 3 aliphatic rings. The molecular formula is C20H21NO4S. The van der Waals surface area contributed by atoms with Gasteiger partial charge in [-0.2, -0.15) is 0 Å². The maximum atomic E-state index is 13.0. The Kier molecular flexibility index (Phi) is 3.81. The van der Waals surface area contributed by atoms with Crippen molar-refractivity contribution in [3.8, 4) is 17.2 Å². The lowest BCUT2D eigenvalue weighted by Crippen LogP contribution is -2.43. The molecule has 3 heterocycles. The summed E-state index contributed by atoms with van der Waals surface area (Å²) in [4.78, 5) is 13.6. The second-order valence-electron chi connectivity index (χ2n) is 7.22. The Morgan fingerprint density at radius 3 is 2.81 bits per heavy atom. The lowest BCUT2D eigenvalue weighted by molar-refractivity contribution is 0.0360. The summed E-state index contributed by atoms with van der Waals surface area (Å²) in [7, 11) is 0. The normalized spacial score (nSPS) is 22.5. The van der Waals surface area contributed by atoms with Crippen molar-refractivity contribution in [1.82, 2.24) is 5.32 Å². The first kappa shape index (κ1) is 16.0. The highest BCUT2D eigenvalue weighted by Gasteiger charge is 2.43. The highest BCUT2D eigenvalue weighted by atomic mass is 32.1. The monoisotopic (exact) mass is 371 g/mol. The smallest absolute Gasteiger partial charge is 0.265 e. The molecule has 136 valence electrons. The van der Waals surface area contributed by atoms with Gasteiger partial charge in [-0.25, -0.2) is 0 Å². The Labute approximate surface area is 156 Å². The van der Waals surface area contributed by atoms with E-state index in [9.17, 15) is 4.79 Å². The quantitative estimate of drug-likeness (QED) is 0.864. The third kappa shape index (κ3) is 2.63. The molecule has 5 rings (SSSR count). The SMILES string of the molecule is O=C(N[C@H]1CC2(CCCC2)Oc2ccccc21)c1scc2c1OCCO2. The van der Waals surface area contributed by atoms with Crippen molar-refractivity contribution in [3.05, 3.63) is 40.1 Å². The average Bonchev–Trinajstić information content (AvgIpc) is 3.29. The van der Waals surface area contributed by atoms with Crippen LogP contribution in [0.2, 0.25) is 0 Å². The van der Waals surface area contributed by atoms with Crippen LogP contribution in [0.25, 0.3) is 0 Å². The summed E-state index contributed by atoms with van der Waals surface area (Å²) in [5.41, 5.74) is 0.918. The van der Waals surface area contributed by atoms with Gasteiger partial charge < -0.3 is 19.5 Å². The highest BCUT2D eigenvalue weighted by molar-refractivity contribution is 7.12. The van der Waals surface area contributed by atoms with Crippen LogP contribution in [-0.4, -0.2) is 24.7 Å². The van der Waals surface area contributed by atoms with Gasteiger partial charge in [0.1, 0.15) is 29.4 Å². The molecule has 1 aromatic carbocycles. The number of carbonyl (C=O) groups excluding carboxylic acids is 1. The Bertz CT molecular complexity index is 840. The summed E-state index contributed by atoms with van der Waals surface area (Å²) < 4.78 is 17.6. The molecule has 5 nitrogen and oxygen atoms in total. The lowest BCUT2D eigenvalue weighted by atomic mass is 9.86. The van der Waals surface area contributed by atoms with Crippen LogP contribution in [-0.2, 0) is 0 Å². The number of hydrogen-bond donors (Lipinski definition) is 1. The molecule has 1 amide bonds. The number of benzene rings is 1. The number of para-hydroxylation sites is 1. The van der Waals surface area contributed by atoms with E-state index >= 15 is 0 Å². The van der Waals surface area contributed by atoms with Gasteiger partial charge in [-0.15, -0.1) is 11.3 Å². The number of nitrogens with one attached hydrogen (secondary N) is 1. The number of amides is 1. The number of carbonyl (C=O) groups is 1. The van der Waals surface area contributed by atoms with Crippen molar-refractivity contribution < 1.29 is 19.0 Å². The van der Waals surface area contributed by atoms with Crippen molar-refractivity contribution in [1.29, 1.82) is 0 Å². The summed E-state index contributed by atoms with van der Waals surface area (Å²) in [6.45, 7) is 1.01. The molecule has 1 aromatic heterocycles. The number of fused-ring (bicyclic) bond motifs is 2. The summed E-state index contributed by atoms with van der Waals surface area (Å²) in [6.07, 6.45) is 5.30. The second kappa shape index (κ2) is 6.20. The Balaban J connectivity index is 1.44. The Morgan fingerprint density at radius 1 is 1.12 bits per heavy atom. The fourth-order valence-corrected chi connectivity index (χ4v) is 5.15. The zero-order valence-corrected chi connectivity index (χ0v) is 15.3. The van der Waals surface area contributed by atoms with E-state index in [1.165, 1.54) is 24.2 Å². The van der Waals surface area contributed by atoms with Crippen molar-refractivity contribution in [2.75, 3.05) is 13.2 Å². The number of ether oxygens (including phenoxy) is 3. The van der Waals surface area contributed by atoms with Gasteiger partial charge in [0, 0.05) is 17.4 Å². The van der Waals surface area contributed by atoms with E-state index in [1.54, 1.807) is 0 Å². The van der Waals surface area contributed by atoms with E-state index in [0.29, 0.717) is 29.6 Å². The van der Waals surface area contributed by atoms with Crippen LogP contribution in [0.15, 0.2) is 29.6 Å². The fraction of sp³-hybridized carbons (Fsp3) is 0.450. The van der Waals surface area contributed by atoms with Gasteiger partial charge in [0.25, 0.3) is 5.91 Å². The van der Waals surface area contributed by atoms with Gasteiger partial charge in [-0.3, -0.25) is 4.79 Å². The molecule has 2 aromatic rings. The number of hydrogen-bond acceptors (Lipinski definition) is 5. The topological polar surface area (TPSA) is 56.8 Å². The van der Waals surface area contributed by atoms with E-state index in [4.69, 9.17) is 14.2 Å². The van der Waals surface area contributed by atoms with E-state index in [1.807, 2.05) is 29.6 Å². The molecule has 2 aliphatic heterocycles. The van der Waals surface area contributed by atoms with E-state index in [0.717, 1.165) is 30.6 Å². The molecule has 6 heteroatoms. The third-order valence-electron chi connectivity index (χ3n) is 5.52. The Hall–Kier alpha value is -2.21. The molecule has 26 heavy (non-hydrogen) atoms. The fourth-order valence-electron chi connectivity index (χ4n) is 4.32. The first-order valence-electron chi connectivity index (χ1n) is 9.20. The van der Waals surface area contributed by atoms with Gasteiger partial charge in [-0.1, -0.05) is 18.2 Å². The zero-order chi connectivity index (χ0) is 17.6. The minimum atomic E-state index is -0.138. The van der Waals surface area contributed by atoms with Gasteiger partial charge in [0.05, 0.1) is 6.04 Å². The minimum absolute atomic E-state index is 0.0483. The maximum absolute atomic E-state index is 13.0. The lowest BCUT2D eigenvalue weighted by Gasteiger charge is -2.40. The first-order valence-corrected chi connectivity index (χ1v) is 10.1. The van der Waals surface area contributed by atoms with E-state index < -0.39 is 0 Å². The maximum Gasteiger partial charge on any atom is 0.265 e. The summed E-state index contributed by atoms with van der Waals surface area (Å²) in [5.74, 6) is 2.05. The van der Waals surface area contributed by atoms with Crippen LogP contribution in [0, 0.1) is 0 Å². The van der Waals surface area contributed by atoms with Crippen molar-refractivity contribution in [2.45, 2.75) is 43.7 Å². The van der Waals surface area contributed by atoms with Crippen LogP contribution in [0.1, 0.15) is 53.4 Å². The predicted molar refractivity (Wildman–Crippen MR) is 98.4 cm³/mol. The Morgan fingerprint density at radius 2 is 1.92 bits per heavy atom. The molecule has 0 saturated heterocycles. The largest absolute Gasteiger partial charge is 0.487 e. The molecule has 1 atom stereocenters. The van der Waals surface area contributed by atoms with Gasteiger partial charge >= 0.3 is 0 Å². The molecule has 1 saturated carbocycles. The predicted octanol–water partition coefficient (Wildman–Crippen LogP) is 4.09. The summed E-state index contributed by atoms with van der Waals surface area (Å²) >= 11 is 1.37. The standard InChI is InChI=1S/C20H21NO4S/c22-19(18-17-16(12-26-18)23-9-10-24-17)21-14-11-20(7-3-4-8-20)25-15-6-2-1-5-13(14)15/h1-2,5-6,12,14H,3-4,7-11H2,(H,21,22)/t14-/m0/s1. The molecule has 0 bridgehead atoms. The van der Waals surface area contributed by atoms with Gasteiger partial charge in [0.2, 0.25) is 0 Å². The van der Waals surface area contributed by atoms with E-state index in [-0.39, 0.29) is 17.6 Å². The van der Waals surface area contributed by atoms with Crippen LogP contribution < -0.4 is 19.5 Å². The minimum Gasteiger partial charge on any atom is -0.487 e. The van der Waals surface area contributed by atoms with Crippen molar-refractivity contribution in [2.24, 2.45) is 0 Å². The first-order chi connectivity index (χ1) is 12.7. The van der Waals surface area contributed by atoms with E-state index in [2.05, 4.69) is 5.32 Å². The second-order valence-corrected chi connectivity index (χ2v) is 8.09. The molecule has 1 aliphatic carbocycles. The third-order valence-corrected chi connectivity index (χ3v) is 6.46. The van der Waals surface area contributed by atoms with Gasteiger partial charge in [0.15, 0.2) is 11.5 Å². The number of rotatable bonds is 2. The molecule has 1 spiro atoms. The van der Waals surface area contributed by atoms with Crippen LogP contribution in [0.3, 0.4) is 0 Å². The molecule has 0 radical (unpaired) electrons. The number of thiophene rings is 1. The van der Waals surface area contributed by atoms with Crippen LogP contribution in [0.4, 0.5) is 0 Å². The van der Waals surface area contributed by atoms with Crippen molar-refractivity contribution in [3.63, 3.8) is 0 Å². The molecule has 1 N–H and O–H groups in total. The zero-order valence-electron chi connectivity index (χ0n) is 14.5. The molecule has 0 unspecified atom stereocenters.